The summed E-state index contributed by atoms with van der Waals surface area (Å²) < 4.78 is 5.24. The fourth-order valence-corrected chi connectivity index (χ4v) is 2.46. The Hall–Kier alpha value is -1.63. The molecule has 2 heterocycles. The Balaban J connectivity index is 2.08. The number of hydrogen-bond donors (Lipinski definition) is 2. The van der Waals surface area contributed by atoms with E-state index in [0.29, 0.717) is 25.9 Å². The van der Waals surface area contributed by atoms with Gasteiger partial charge in [-0.2, -0.15) is 0 Å². The normalized spacial score (nSPS) is 30.0. The van der Waals surface area contributed by atoms with Crippen molar-refractivity contribution in [3.63, 3.8) is 0 Å². The van der Waals surface area contributed by atoms with E-state index in [4.69, 9.17) is 9.84 Å². The van der Waals surface area contributed by atoms with Gasteiger partial charge in [-0.05, 0) is 26.7 Å². The Bertz CT molecular complexity index is 420. The summed E-state index contributed by atoms with van der Waals surface area (Å²) in [6, 6.07) is 0. The first-order valence-electron chi connectivity index (χ1n) is 6.32. The maximum atomic E-state index is 12.4. The molecular weight excluding hydrogens is 252 g/mol. The second-order valence-corrected chi connectivity index (χ2v) is 5.33. The van der Waals surface area contributed by atoms with E-state index < -0.39 is 23.7 Å². The minimum absolute atomic E-state index is 0.208. The number of nitrogens with zero attached hydrogens (tertiary/aromatic N) is 1. The smallest absolute Gasteiger partial charge is 0.332 e. The van der Waals surface area contributed by atoms with Crippen LogP contribution in [-0.2, 0) is 19.1 Å². The molecule has 2 fully saturated rings. The minimum atomic E-state index is -1.05. The standard InChI is InChI=1S/C12H18N2O5/c1-12(2)11(18)13-5-6-14(12)9(15)7-3-4-8(19-7)10(16)17/h7-8H,3-6H2,1-2H3,(H,13,18)(H,16,17)/t7-,8+/m0/s1. The van der Waals surface area contributed by atoms with Gasteiger partial charge in [-0.15, -0.1) is 0 Å². The lowest BCUT2D eigenvalue weighted by Crippen LogP contribution is -2.64. The number of amides is 2. The zero-order valence-corrected chi connectivity index (χ0v) is 11.0. The van der Waals surface area contributed by atoms with Crippen LogP contribution < -0.4 is 5.32 Å². The highest BCUT2D eigenvalue weighted by atomic mass is 16.5. The number of rotatable bonds is 2. The van der Waals surface area contributed by atoms with E-state index in [2.05, 4.69) is 5.32 Å². The number of piperazine rings is 1. The number of carboxylic acids is 1. The zero-order valence-electron chi connectivity index (χ0n) is 11.0. The summed E-state index contributed by atoms with van der Waals surface area (Å²) in [5, 5.41) is 11.6. The molecule has 0 spiro atoms. The van der Waals surface area contributed by atoms with Gasteiger partial charge in [0.25, 0.3) is 5.91 Å². The van der Waals surface area contributed by atoms with Gasteiger partial charge in [0.05, 0.1) is 0 Å². The lowest BCUT2D eigenvalue weighted by molar-refractivity contribution is -0.161. The molecule has 0 aromatic heterocycles. The second kappa shape index (κ2) is 4.80. The highest BCUT2D eigenvalue weighted by Crippen LogP contribution is 2.26. The largest absolute Gasteiger partial charge is 0.479 e. The highest BCUT2D eigenvalue weighted by molar-refractivity contribution is 5.93. The van der Waals surface area contributed by atoms with Crippen LogP contribution in [0.3, 0.4) is 0 Å². The van der Waals surface area contributed by atoms with Crippen LogP contribution in [0.4, 0.5) is 0 Å². The molecule has 2 aliphatic heterocycles. The Morgan fingerprint density at radius 3 is 2.58 bits per heavy atom. The average molecular weight is 270 g/mol. The topological polar surface area (TPSA) is 95.9 Å². The number of carbonyl (C=O) groups is 3. The average Bonchev–Trinajstić information content (AvgIpc) is 2.81. The highest BCUT2D eigenvalue weighted by Gasteiger charge is 2.45. The molecule has 0 saturated carbocycles. The summed E-state index contributed by atoms with van der Waals surface area (Å²) in [4.78, 5) is 36.4. The van der Waals surface area contributed by atoms with Crippen molar-refractivity contribution in [3.8, 4) is 0 Å². The first-order valence-corrected chi connectivity index (χ1v) is 6.32. The third-order valence-electron chi connectivity index (χ3n) is 3.69. The second-order valence-electron chi connectivity index (χ2n) is 5.33. The van der Waals surface area contributed by atoms with Crippen LogP contribution in [0.5, 0.6) is 0 Å². The summed E-state index contributed by atoms with van der Waals surface area (Å²) in [5.41, 5.74) is -0.931. The van der Waals surface area contributed by atoms with Crippen molar-refractivity contribution in [2.75, 3.05) is 13.1 Å². The van der Waals surface area contributed by atoms with Gasteiger partial charge < -0.3 is 20.1 Å². The lowest BCUT2D eigenvalue weighted by atomic mass is 9.97. The van der Waals surface area contributed by atoms with Gasteiger partial charge in [0.2, 0.25) is 5.91 Å². The molecule has 0 aromatic carbocycles. The van der Waals surface area contributed by atoms with E-state index in [-0.39, 0.29) is 11.8 Å². The Morgan fingerprint density at radius 2 is 2.00 bits per heavy atom. The van der Waals surface area contributed by atoms with Crippen LogP contribution in [0.25, 0.3) is 0 Å². The van der Waals surface area contributed by atoms with Crippen LogP contribution in [0.2, 0.25) is 0 Å². The first kappa shape index (κ1) is 13.8. The predicted octanol–water partition coefficient (Wildman–Crippen LogP) is -0.644. The van der Waals surface area contributed by atoms with Crippen molar-refractivity contribution in [3.05, 3.63) is 0 Å². The number of carbonyl (C=O) groups excluding carboxylic acids is 2. The SMILES string of the molecule is CC1(C)C(=O)NCCN1C(=O)[C@@H]1CC[C@H](C(=O)O)O1. The van der Waals surface area contributed by atoms with Crippen LogP contribution >= 0.6 is 0 Å². The summed E-state index contributed by atoms with van der Waals surface area (Å²) in [6.07, 6.45) is -0.974. The maximum Gasteiger partial charge on any atom is 0.332 e. The number of aliphatic carboxylic acids is 1. The van der Waals surface area contributed by atoms with E-state index in [1.54, 1.807) is 13.8 Å². The summed E-state index contributed by atoms with van der Waals surface area (Å²) in [6.45, 7) is 4.16. The third kappa shape index (κ3) is 2.42. The zero-order chi connectivity index (χ0) is 14.2. The molecule has 0 unspecified atom stereocenters. The molecule has 2 N–H and O–H groups in total. The molecule has 7 heteroatoms. The molecule has 19 heavy (non-hydrogen) atoms. The summed E-state index contributed by atoms with van der Waals surface area (Å²) >= 11 is 0. The molecule has 2 atom stereocenters. The van der Waals surface area contributed by atoms with E-state index in [1.165, 1.54) is 4.90 Å². The van der Waals surface area contributed by atoms with E-state index >= 15 is 0 Å². The van der Waals surface area contributed by atoms with Crippen LogP contribution in [0, 0.1) is 0 Å². The Kier molecular flexibility index (Phi) is 3.49. The van der Waals surface area contributed by atoms with Crippen molar-refractivity contribution in [1.82, 2.24) is 10.2 Å². The Morgan fingerprint density at radius 1 is 1.37 bits per heavy atom. The first-order chi connectivity index (χ1) is 8.84. The molecule has 106 valence electrons. The van der Waals surface area contributed by atoms with Crippen LogP contribution in [-0.4, -0.2) is 58.6 Å². The van der Waals surface area contributed by atoms with Gasteiger partial charge in [-0.1, -0.05) is 0 Å². The molecule has 0 radical (unpaired) electrons. The number of hydrogen-bond acceptors (Lipinski definition) is 4. The van der Waals surface area contributed by atoms with E-state index in [1.807, 2.05) is 0 Å². The molecule has 0 aliphatic carbocycles. The van der Waals surface area contributed by atoms with Crippen molar-refractivity contribution in [1.29, 1.82) is 0 Å². The van der Waals surface area contributed by atoms with Crippen LogP contribution in [0.15, 0.2) is 0 Å². The van der Waals surface area contributed by atoms with Gasteiger partial charge in [-0.25, -0.2) is 4.79 Å². The summed E-state index contributed by atoms with van der Waals surface area (Å²) in [7, 11) is 0. The van der Waals surface area contributed by atoms with Crippen LogP contribution in [0.1, 0.15) is 26.7 Å². The van der Waals surface area contributed by atoms with Crippen molar-refractivity contribution in [2.24, 2.45) is 0 Å². The van der Waals surface area contributed by atoms with Crippen molar-refractivity contribution in [2.45, 2.75) is 44.4 Å². The van der Waals surface area contributed by atoms with Gasteiger partial charge in [0.15, 0.2) is 6.10 Å². The third-order valence-corrected chi connectivity index (χ3v) is 3.69. The van der Waals surface area contributed by atoms with E-state index in [9.17, 15) is 14.4 Å². The quantitative estimate of drug-likeness (QED) is 0.695. The Labute approximate surface area is 110 Å². The lowest BCUT2D eigenvalue weighted by Gasteiger charge is -2.42. The number of carboxylic acid groups (broad SMARTS) is 1. The number of ether oxygens (including phenoxy) is 1. The monoisotopic (exact) mass is 270 g/mol. The van der Waals surface area contributed by atoms with Crippen molar-refractivity contribution < 1.29 is 24.2 Å². The molecule has 7 nitrogen and oxygen atoms in total. The summed E-state index contributed by atoms with van der Waals surface area (Å²) in [5.74, 6) is -1.56. The molecule has 2 amide bonds. The molecular formula is C12H18N2O5. The van der Waals surface area contributed by atoms with Gasteiger partial charge in [0, 0.05) is 13.1 Å². The fraction of sp³-hybridized carbons (Fsp3) is 0.750. The molecule has 2 rings (SSSR count). The molecule has 0 aromatic rings. The van der Waals surface area contributed by atoms with Gasteiger partial charge >= 0.3 is 5.97 Å². The fourth-order valence-electron chi connectivity index (χ4n) is 2.46. The molecule has 2 saturated heterocycles. The molecule has 0 bridgehead atoms. The number of nitrogens with one attached hydrogen (secondary N) is 1. The van der Waals surface area contributed by atoms with Crippen molar-refractivity contribution >= 4 is 17.8 Å². The predicted molar refractivity (Wildman–Crippen MR) is 64.3 cm³/mol. The van der Waals surface area contributed by atoms with Gasteiger partial charge in [-0.3, -0.25) is 9.59 Å². The van der Waals surface area contributed by atoms with E-state index in [0.717, 1.165) is 0 Å². The molecule has 2 aliphatic rings. The minimum Gasteiger partial charge on any atom is -0.479 e. The van der Waals surface area contributed by atoms with Gasteiger partial charge in [0.1, 0.15) is 11.6 Å². The maximum absolute atomic E-state index is 12.4.